The number of urea groups is 1. The van der Waals surface area contributed by atoms with E-state index in [1.165, 1.54) is 0 Å². The maximum absolute atomic E-state index is 12.9. The zero-order valence-electron chi connectivity index (χ0n) is 14.1. The number of rotatable bonds is 5. The van der Waals surface area contributed by atoms with Gasteiger partial charge in [0.15, 0.2) is 0 Å². The van der Waals surface area contributed by atoms with Gasteiger partial charge in [-0.25, -0.2) is 9.78 Å². The van der Waals surface area contributed by atoms with E-state index in [4.69, 9.17) is 4.74 Å². The molecular weight excluding hydrogens is 316 g/mol. The maximum Gasteiger partial charge on any atom is 0.322 e. The highest BCUT2D eigenvalue weighted by Gasteiger charge is 2.33. The molecule has 6 heteroatoms. The van der Waals surface area contributed by atoms with Crippen molar-refractivity contribution < 1.29 is 9.53 Å². The molecule has 0 bridgehead atoms. The van der Waals surface area contributed by atoms with Gasteiger partial charge in [-0.2, -0.15) is 0 Å². The number of methoxy groups -OCH3 is 1. The first kappa shape index (κ1) is 15.5. The number of nitrogens with one attached hydrogen (secondary N) is 1. The fourth-order valence-electron chi connectivity index (χ4n) is 2.96. The summed E-state index contributed by atoms with van der Waals surface area (Å²) >= 11 is 0. The van der Waals surface area contributed by atoms with Crippen LogP contribution in [0.15, 0.2) is 54.9 Å². The lowest BCUT2D eigenvalue weighted by atomic mass is 10.3. The van der Waals surface area contributed by atoms with E-state index in [-0.39, 0.29) is 12.1 Å². The van der Waals surface area contributed by atoms with Crippen LogP contribution < -0.4 is 10.1 Å². The Morgan fingerprint density at radius 1 is 1.28 bits per heavy atom. The molecule has 0 unspecified atom stereocenters. The molecule has 1 fully saturated rings. The van der Waals surface area contributed by atoms with Crippen LogP contribution in [-0.2, 0) is 6.54 Å². The monoisotopic (exact) mass is 336 g/mol. The first-order chi connectivity index (χ1) is 12.3. The second kappa shape index (κ2) is 6.47. The molecular formula is C19H20N4O2. The van der Waals surface area contributed by atoms with E-state index >= 15 is 0 Å². The molecule has 25 heavy (non-hydrogen) atoms. The summed E-state index contributed by atoms with van der Waals surface area (Å²) in [5.74, 6) is 0.654. The summed E-state index contributed by atoms with van der Waals surface area (Å²) in [5, 5.41) is 2.98. The normalized spacial score (nSPS) is 13.6. The van der Waals surface area contributed by atoms with Crippen LogP contribution in [0.4, 0.5) is 10.5 Å². The van der Waals surface area contributed by atoms with Gasteiger partial charge in [0.25, 0.3) is 0 Å². The molecule has 6 nitrogen and oxygen atoms in total. The van der Waals surface area contributed by atoms with E-state index in [2.05, 4.69) is 10.3 Å². The minimum Gasteiger partial charge on any atom is -0.495 e. The molecule has 2 aromatic heterocycles. The number of ether oxygens (including phenoxy) is 1. The van der Waals surface area contributed by atoms with E-state index < -0.39 is 0 Å². The lowest BCUT2D eigenvalue weighted by molar-refractivity contribution is 0.205. The van der Waals surface area contributed by atoms with E-state index in [0.29, 0.717) is 18.0 Å². The summed E-state index contributed by atoms with van der Waals surface area (Å²) in [6, 6.07) is 13.5. The molecule has 3 aromatic rings. The number of carbonyl (C=O) groups is 1. The highest BCUT2D eigenvalue weighted by molar-refractivity contribution is 5.91. The number of amides is 2. The van der Waals surface area contributed by atoms with Crippen molar-refractivity contribution in [1.29, 1.82) is 0 Å². The smallest absolute Gasteiger partial charge is 0.322 e. The number of anilines is 1. The van der Waals surface area contributed by atoms with Crippen molar-refractivity contribution in [3.63, 3.8) is 0 Å². The quantitative estimate of drug-likeness (QED) is 0.775. The van der Waals surface area contributed by atoms with Crippen molar-refractivity contribution in [2.75, 3.05) is 12.4 Å². The number of hydrogen-bond acceptors (Lipinski definition) is 3. The van der Waals surface area contributed by atoms with Crippen LogP contribution in [0.5, 0.6) is 5.75 Å². The van der Waals surface area contributed by atoms with Crippen LogP contribution in [0, 0.1) is 0 Å². The number of fused-ring (bicyclic) bond motifs is 1. The average molecular weight is 336 g/mol. The molecule has 1 aromatic carbocycles. The number of carbonyl (C=O) groups excluding carboxylic acids is 1. The Labute approximate surface area is 146 Å². The number of pyridine rings is 1. The van der Waals surface area contributed by atoms with Crippen LogP contribution in [0.2, 0.25) is 0 Å². The van der Waals surface area contributed by atoms with Crippen molar-refractivity contribution in [2.45, 2.75) is 25.4 Å². The van der Waals surface area contributed by atoms with E-state index in [1.807, 2.05) is 64.2 Å². The minimum absolute atomic E-state index is 0.113. The van der Waals surface area contributed by atoms with Gasteiger partial charge >= 0.3 is 6.03 Å². The van der Waals surface area contributed by atoms with Gasteiger partial charge in [0.2, 0.25) is 0 Å². The molecule has 0 saturated heterocycles. The van der Waals surface area contributed by atoms with Crippen LogP contribution >= 0.6 is 0 Å². The van der Waals surface area contributed by atoms with Crippen molar-refractivity contribution in [1.82, 2.24) is 14.3 Å². The first-order valence-corrected chi connectivity index (χ1v) is 8.38. The second-order valence-corrected chi connectivity index (χ2v) is 6.17. The average Bonchev–Trinajstić information content (AvgIpc) is 3.40. The van der Waals surface area contributed by atoms with Gasteiger partial charge in [0, 0.05) is 12.2 Å². The van der Waals surface area contributed by atoms with Crippen LogP contribution in [0.25, 0.3) is 5.65 Å². The highest BCUT2D eigenvalue weighted by atomic mass is 16.5. The van der Waals surface area contributed by atoms with E-state index in [0.717, 1.165) is 24.2 Å². The summed E-state index contributed by atoms with van der Waals surface area (Å²) in [4.78, 5) is 19.1. The van der Waals surface area contributed by atoms with Crippen molar-refractivity contribution in [3.8, 4) is 5.75 Å². The van der Waals surface area contributed by atoms with Crippen molar-refractivity contribution in [2.24, 2.45) is 0 Å². The molecule has 0 atom stereocenters. The number of aromatic nitrogens is 2. The fourth-order valence-corrected chi connectivity index (χ4v) is 2.96. The Morgan fingerprint density at radius 2 is 2.08 bits per heavy atom. The predicted octanol–water partition coefficient (Wildman–Crippen LogP) is 3.54. The molecule has 2 heterocycles. The third-order valence-electron chi connectivity index (χ3n) is 4.42. The third kappa shape index (κ3) is 3.15. The largest absolute Gasteiger partial charge is 0.495 e. The van der Waals surface area contributed by atoms with Crippen molar-refractivity contribution in [3.05, 3.63) is 60.6 Å². The van der Waals surface area contributed by atoms with Crippen LogP contribution in [0.3, 0.4) is 0 Å². The summed E-state index contributed by atoms with van der Waals surface area (Å²) in [6.45, 7) is 0.525. The van der Waals surface area contributed by atoms with Gasteiger partial charge in [-0.3, -0.25) is 0 Å². The summed E-state index contributed by atoms with van der Waals surface area (Å²) < 4.78 is 7.34. The zero-order valence-corrected chi connectivity index (χ0v) is 14.1. The topological polar surface area (TPSA) is 58.9 Å². The summed E-state index contributed by atoms with van der Waals surface area (Å²) in [6.07, 6.45) is 5.88. The summed E-state index contributed by atoms with van der Waals surface area (Å²) in [7, 11) is 1.60. The Bertz CT molecular complexity index is 901. The Morgan fingerprint density at radius 3 is 2.88 bits per heavy atom. The molecule has 4 rings (SSSR count). The van der Waals surface area contributed by atoms with Crippen molar-refractivity contribution >= 4 is 17.4 Å². The summed E-state index contributed by atoms with van der Waals surface area (Å²) in [5.41, 5.74) is 2.56. The lowest BCUT2D eigenvalue weighted by Crippen LogP contribution is -2.36. The highest BCUT2D eigenvalue weighted by Crippen LogP contribution is 2.30. The molecule has 2 amide bonds. The number of nitrogens with zero attached hydrogens (tertiary/aromatic N) is 3. The van der Waals surface area contributed by atoms with Gasteiger partial charge in [-0.05, 0) is 37.1 Å². The van der Waals surface area contributed by atoms with E-state index in [1.54, 1.807) is 7.11 Å². The predicted molar refractivity (Wildman–Crippen MR) is 95.8 cm³/mol. The van der Waals surface area contributed by atoms with Gasteiger partial charge in [-0.15, -0.1) is 0 Å². The lowest BCUT2D eigenvalue weighted by Gasteiger charge is -2.23. The second-order valence-electron chi connectivity index (χ2n) is 6.17. The minimum atomic E-state index is -0.113. The zero-order chi connectivity index (χ0) is 17.2. The molecule has 1 aliphatic rings. The fraction of sp³-hybridized carbons (Fsp3) is 0.263. The SMILES string of the molecule is COc1ccccc1NC(=O)N(Cc1cnc2ccccn12)C1CC1. The van der Waals surface area contributed by atoms with Crippen LogP contribution in [-0.4, -0.2) is 33.5 Å². The molecule has 0 spiro atoms. The number of para-hydroxylation sites is 2. The standard InChI is InChI=1S/C19H20N4O2/c1-25-17-7-3-2-6-16(17)21-19(24)23(14-9-10-14)13-15-12-20-18-8-4-5-11-22(15)18/h2-8,11-12,14H,9-10,13H2,1H3,(H,21,24). The molecule has 1 saturated carbocycles. The molecule has 1 aliphatic carbocycles. The number of hydrogen-bond donors (Lipinski definition) is 1. The van der Waals surface area contributed by atoms with Gasteiger partial charge in [-0.1, -0.05) is 18.2 Å². The first-order valence-electron chi connectivity index (χ1n) is 8.38. The Kier molecular flexibility index (Phi) is 4.01. The van der Waals surface area contributed by atoms with Crippen LogP contribution in [0.1, 0.15) is 18.5 Å². The molecule has 0 radical (unpaired) electrons. The van der Waals surface area contributed by atoms with Gasteiger partial charge in [0.05, 0.1) is 31.2 Å². The molecule has 0 aliphatic heterocycles. The number of benzene rings is 1. The Hall–Kier alpha value is -3.02. The van der Waals surface area contributed by atoms with E-state index in [9.17, 15) is 4.79 Å². The van der Waals surface area contributed by atoms with Gasteiger partial charge in [0.1, 0.15) is 11.4 Å². The Balaban J connectivity index is 1.56. The van der Waals surface area contributed by atoms with Gasteiger partial charge < -0.3 is 19.4 Å². The molecule has 1 N–H and O–H groups in total. The third-order valence-corrected chi connectivity index (χ3v) is 4.42. The molecule has 128 valence electrons. The maximum atomic E-state index is 12.9. The number of imidazole rings is 1.